The largest absolute Gasteiger partial charge is 0.346 e. The van der Waals surface area contributed by atoms with Crippen LogP contribution in [0.15, 0.2) is 67.0 Å². The van der Waals surface area contributed by atoms with Crippen molar-refractivity contribution in [2.24, 2.45) is 0 Å². The Labute approximate surface area is 172 Å². The van der Waals surface area contributed by atoms with Crippen LogP contribution in [0.2, 0.25) is 0 Å². The summed E-state index contributed by atoms with van der Waals surface area (Å²) < 4.78 is 14.7. The van der Waals surface area contributed by atoms with Crippen LogP contribution in [0, 0.1) is 5.82 Å². The Hall–Kier alpha value is -3.61. The van der Waals surface area contributed by atoms with E-state index in [0.29, 0.717) is 17.2 Å². The standard InChI is InChI=1S/C23H20FN5O/c1-15(26-22(30)23(11-12-23)17-5-3-2-4-6-17)21-27-20-13-19(25-14-29(20)28-21)16-7-9-18(24)10-8-16/h2-10,13-15H,11-12H2,1H3,(H,26,30)/t15-/m0/s1. The molecule has 150 valence electrons. The molecule has 1 aliphatic rings. The molecular formula is C23H20FN5O. The maximum absolute atomic E-state index is 13.2. The first-order valence-corrected chi connectivity index (χ1v) is 9.90. The summed E-state index contributed by atoms with van der Waals surface area (Å²) in [7, 11) is 0. The number of nitrogens with one attached hydrogen (secondary N) is 1. The number of rotatable bonds is 5. The third-order valence-electron chi connectivity index (χ3n) is 5.63. The van der Waals surface area contributed by atoms with Crippen molar-refractivity contribution in [3.05, 3.63) is 84.2 Å². The summed E-state index contributed by atoms with van der Waals surface area (Å²) in [5.74, 6) is 0.230. The number of carbonyl (C=O) groups excluding carboxylic acids is 1. The molecule has 1 atom stereocenters. The average Bonchev–Trinajstić information content (AvgIpc) is 3.47. The van der Waals surface area contributed by atoms with Gasteiger partial charge in [0.25, 0.3) is 0 Å². The Kier molecular flexibility index (Phi) is 4.31. The summed E-state index contributed by atoms with van der Waals surface area (Å²) in [6.07, 6.45) is 3.27. The molecular weight excluding hydrogens is 381 g/mol. The van der Waals surface area contributed by atoms with Crippen LogP contribution >= 0.6 is 0 Å². The van der Waals surface area contributed by atoms with E-state index < -0.39 is 5.41 Å². The van der Waals surface area contributed by atoms with Gasteiger partial charge in [0, 0.05) is 11.6 Å². The molecule has 1 saturated carbocycles. The summed E-state index contributed by atoms with van der Waals surface area (Å²) >= 11 is 0. The number of benzene rings is 2. The molecule has 1 aliphatic carbocycles. The molecule has 1 fully saturated rings. The molecule has 2 aromatic heterocycles. The van der Waals surface area contributed by atoms with Crippen LogP contribution < -0.4 is 5.32 Å². The van der Waals surface area contributed by atoms with Crippen molar-refractivity contribution in [3.8, 4) is 11.3 Å². The summed E-state index contributed by atoms with van der Waals surface area (Å²) in [6, 6.07) is 17.5. The minimum atomic E-state index is -0.439. The van der Waals surface area contributed by atoms with Crippen LogP contribution in [0.5, 0.6) is 0 Å². The van der Waals surface area contributed by atoms with Crippen molar-refractivity contribution in [2.75, 3.05) is 0 Å². The fourth-order valence-corrected chi connectivity index (χ4v) is 3.70. The predicted octanol–water partition coefficient (Wildman–Crippen LogP) is 3.84. The van der Waals surface area contributed by atoms with Crippen molar-refractivity contribution < 1.29 is 9.18 Å². The summed E-state index contributed by atoms with van der Waals surface area (Å²) in [5.41, 5.74) is 2.70. The highest BCUT2D eigenvalue weighted by Gasteiger charge is 2.51. The molecule has 0 radical (unpaired) electrons. The molecule has 7 heteroatoms. The number of halogens is 1. The molecule has 0 aliphatic heterocycles. The third kappa shape index (κ3) is 3.22. The van der Waals surface area contributed by atoms with Crippen LogP contribution in [0.4, 0.5) is 4.39 Å². The smallest absolute Gasteiger partial charge is 0.231 e. The van der Waals surface area contributed by atoms with Crippen LogP contribution in [-0.4, -0.2) is 25.5 Å². The van der Waals surface area contributed by atoms with Crippen molar-refractivity contribution in [3.63, 3.8) is 0 Å². The number of hydrogen-bond acceptors (Lipinski definition) is 4. The molecule has 0 saturated heterocycles. The van der Waals surface area contributed by atoms with E-state index in [2.05, 4.69) is 20.4 Å². The van der Waals surface area contributed by atoms with Gasteiger partial charge in [-0.2, -0.15) is 0 Å². The van der Waals surface area contributed by atoms with Crippen molar-refractivity contribution in [2.45, 2.75) is 31.2 Å². The lowest BCUT2D eigenvalue weighted by Crippen LogP contribution is -2.36. The fraction of sp³-hybridized carbons (Fsp3) is 0.217. The first kappa shape index (κ1) is 18.4. The van der Waals surface area contributed by atoms with Gasteiger partial charge in [-0.05, 0) is 49.6 Å². The molecule has 0 spiro atoms. The topological polar surface area (TPSA) is 72.2 Å². The average molecular weight is 401 g/mol. The Morgan fingerprint density at radius 2 is 1.87 bits per heavy atom. The number of amides is 1. The predicted molar refractivity (Wildman–Crippen MR) is 110 cm³/mol. The molecule has 5 rings (SSSR count). The minimum Gasteiger partial charge on any atom is -0.346 e. The monoisotopic (exact) mass is 401 g/mol. The fourth-order valence-electron chi connectivity index (χ4n) is 3.70. The van der Waals surface area contributed by atoms with Crippen molar-refractivity contribution in [1.29, 1.82) is 0 Å². The van der Waals surface area contributed by atoms with Crippen molar-refractivity contribution in [1.82, 2.24) is 24.9 Å². The highest BCUT2D eigenvalue weighted by Crippen LogP contribution is 2.48. The second kappa shape index (κ2) is 7.02. The van der Waals surface area contributed by atoms with Gasteiger partial charge in [-0.25, -0.2) is 18.9 Å². The maximum atomic E-state index is 13.2. The van der Waals surface area contributed by atoms with E-state index in [1.807, 2.05) is 37.3 Å². The summed E-state index contributed by atoms with van der Waals surface area (Å²) in [5, 5.41) is 7.53. The molecule has 0 unspecified atom stereocenters. The van der Waals surface area contributed by atoms with E-state index >= 15 is 0 Å². The molecule has 2 aromatic carbocycles. The molecule has 30 heavy (non-hydrogen) atoms. The Balaban J connectivity index is 1.37. The van der Waals surface area contributed by atoms with Gasteiger partial charge in [-0.1, -0.05) is 30.3 Å². The number of aromatic nitrogens is 4. The lowest BCUT2D eigenvalue weighted by molar-refractivity contribution is -0.124. The maximum Gasteiger partial charge on any atom is 0.231 e. The van der Waals surface area contributed by atoms with E-state index in [9.17, 15) is 9.18 Å². The Morgan fingerprint density at radius 1 is 1.13 bits per heavy atom. The molecule has 2 heterocycles. The van der Waals surface area contributed by atoms with Gasteiger partial charge in [0.1, 0.15) is 12.1 Å². The van der Waals surface area contributed by atoms with Crippen molar-refractivity contribution >= 4 is 11.6 Å². The summed E-state index contributed by atoms with van der Waals surface area (Å²) in [6.45, 7) is 1.88. The number of carbonyl (C=O) groups is 1. The molecule has 0 bridgehead atoms. The van der Waals surface area contributed by atoms with E-state index in [4.69, 9.17) is 0 Å². The van der Waals surface area contributed by atoms with Gasteiger partial charge in [-0.15, -0.1) is 5.10 Å². The van der Waals surface area contributed by atoms with Crippen LogP contribution in [-0.2, 0) is 10.2 Å². The second-order valence-electron chi connectivity index (χ2n) is 7.70. The first-order valence-electron chi connectivity index (χ1n) is 9.90. The van der Waals surface area contributed by atoms with E-state index in [1.54, 1.807) is 29.0 Å². The van der Waals surface area contributed by atoms with Gasteiger partial charge in [0.15, 0.2) is 11.5 Å². The van der Waals surface area contributed by atoms with Gasteiger partial charge < -0.3 is 5.32 Å². The van der Waals surface area contributed by atoms with Crippen LogP contribution in [0.1, 0.15) is 37.2 Å². The summed E-state index contributed by atoms with van der Waals surface area (Å²) in [4.78, 5) is 21.9. The highest BCUT2D eigenvalue weighted by atomic mass is 19.1. The molecule has 1 amide bonds. The Morgan fingerprint density at radius 3 is 2.57 bits per heavy atom. The van der Waals surface area contributed by atoms with E-state index in [0.717, 1.165) is 24.0 Å². The van der Waals surface area contributed by atoms with E-state index in [-0.39, 0.29) is 17.8 Å². The lowest BCUT2D eigenvalue weighted by Gasteiger charge is -2.18. The van der Waals surface area contributed by atoms with Gasteiger partial charge in [0.05, 0.1) is 17.2 Å². The van der Waals surface area contributed by atoms with E-state index in [1.165, 1.54) is 12.1 Å². The number of fused-ring (bicyclic) bond motifs is 1. The second-order valence-corrected chi connectivity index (χ2v) is 7.70. The van der Waals surface area contributed by atoms with Gasteiger partial charge in [0.2, 0.25) is 5.91 Å². The molecule has 4 aromatic rings. The zero-order valence-electron chi connectivity index (χ0n) is 16.4. The zero-order chi connectivity index (χ0) is 20.7. The quantitative estimate of drug-likeness (QED) is 0.552. The van der Waals surface area contributed by atoms with Gasteiger partial charge >= 0.3 is 0 Å². The van der Waals surface area contributed by atoms with Crippen LogP contribution in [0.25, 0.3) is 16.9 Å². The third-order valence-corrected chi connectivity index (χ3v) is 5.63. The first-order chi connectivity index (χ1) is 14.5. The zero-order valence-corrected chi connectivity index (χ0v) is 16.4. The number of hydrogen-bond donors (Lipinski definition) is 1. The molecule has 6 nitrogen and oxygen atoms in total. The lowest BCUT2D eigenvalue weighted by atomic mass is 9.95. The SMILES string of the molecule is C[C@H](NC(=O)C1(c2ccccc2)CC1)c1nc2cc(-c3ccc(F)cc3)ncn2n1. The minimum absolute atomic E-state index is 0.00480. The number of nitrogens with zero attached hydrogens (tertiary/aromatic N) is 4. The molecule has 1 N–H and O–H groups in total. The van der Waals surface area contributed by atoms with Gasteiger partial charge in [-0.3, -0.25) is 4.79 Å². The Bertz CT molecular complexity index is 1220. The van der Waals surface area contributed by atoms with Crippen LogP contribution in [0.3, 0.4) is 0 Å². The normalized spacial score (nSPS) is 15.7. The highest BCUT2D eigenvalue weighted by molar-refractivity contribution is 5.91.